The van der Waals surface area contributed by atoms with E-state index in [0.717, 1.165) is 27.8 Å². The molecule has 0 bridgehead atoms. The molecule has 0 aliphatic rings. The molecule has 5 aromatic rings. The first-order valence-corrected chi connectivity index (χ1v) is 15.9. The van der Waals surface area contributed by atoms with Crippen molar-refractivity contribution in [2.75, 3.05) is 17.9 Å². The van der Waals surface area contributed by atoms with Gasteiger partial charge in [-0.1, -0.05) is 99.6 Å². The summed E-state index contributed by atoms with van der Waals surface area (Å²) >= 11 is 0. The Bertz CT molecular complexity index is 1870. The molecule has 3 aromatic carbocycles. The number of nitrogens with zero attached hydrogens (tertiary/aromatic N) is 4. The highest BCUT2D eigenvalue weighted by Gasteiger charge is 2.23. The van der Waals surface area contributed by atoms with E-state index in [1.807, 2.05) is 73.7 Å². The van der Waals surface area contributed by atoms with Crippen LogP contribution >= 0.6 is 0 Å². The fraction of sp³-hybridized carbons (Fsp3) is 0.200. The van der Waals surface area contributed by atoms with Crippen molar-refractivity contribution in [1.29, 1.82) is 0 Å². The number of aryl methyl sites for hydroxylation is 1. The molecule has 230 valence electrons. The summed E-state index contributed by atoms with van der Waals surface area (Å²) in [6.45, 7) is 12.5. The summed E-state index contributed by atoms with van der Waals surface area (Å²) in [6, 6.07) is 24.4. The molecule has 0 amide bonds. The molecule has 0 saturated heterocycles. The Morgan fingerprint density at radius 3 is 2.09 bits per heavy atom. The molecule has 0 unspecified atom stereocenters. The third-order valence-corrected chi connectivity index (χ3v) is 8.42. The molecule has 9 nitrogen and oxygen atoms in total. The Hall–Kier alpha value is -5.09. The molecule has 0 aliphatic carbocycles. The summed E-state index contributed by atoms with van der Waals surface area (Å²) in [5, 5.41) is 0. The van der Waals surface area contributed by atoms with Crippen LogP contribution in [0.1, 0.15) is 43.0 Å². The van der Waals surface area contributed by atoms with Gasteiger partial charge in [-0.3, -0.25) is 4.72 Å². The molecule has 45 heavy (non-hydrogen) atoms. The Kier molecular flexibility index (Phi) is 9.24. The minimum Gasteiger partial charge on any atom is -0.473 e. The zero-order valence-electron chi connectivity index (χ0n) is 25.7. The van der Waals surface area contributed by atoms with Crippen molar-refractivity contribution in [3.63, 3.8) is 0 Å². The van der Waals surface area contributed by atoms with E-state index >= 15 is 0 Å². The molecule has 0 aliphatic heterocycles. The van der Waals surface area contributed by atoms with Gasteiger partial charge in [-0.05, 0) is 46.7 Å². The average Bonchev–Trinajstić information content (AvgIpc) is 3.03. The van der Waals surface area contributed by atoms with Crippen LogP contribution in [-0.4, -0.2) is 41.6 Å². The standard InChI is InChI=1S/C35H35N5O4S/c1-24-11-13-27(14-12-24)31-32(40-45(41,42)30-17-15-29(16-18-30)35(3,4)5)38-23-39-33(31)43-19-20-44-34-36-21-28(22-37-34)25(2)26-9-7-6-8-10-26/h6-18,21-23H,2,19-20H2,1,3-5H3,(H,38,39,40). The second-order valence-corrected chi connectivity index (χ2v) is 13.1. The number of rotatable bonds is 11. The lowest BCUT2D eigenvalue weighted by molar-refractivity contribution is 0.202. The summed E-state index contributed by atoms with van der Waals surface area (Å²) < 4.78 is 41.2. The van der Waals surface area contributed by atoms with Crippen molar-refractivity contribution in [3.8, 4) is 23.0 Å². The van der Waals surface area contributed by atoms with Crippen LogP contribution in [0.3, 0.4) is 0 Å². The molecular formula is C35H35N5O4S. The predicted octanol–water partition coefficient (Wildman–Crippen LogP) is 6.86. The van der Waals surface area contributed by atoms with E-state index in [1.165, 1.54) is 6.33 Å². The minimum absolute atomic E-state index is 0.0954. The smallest absolute Gasteiger partial charge is 0.316 e. The van der Waals surface area contributed by atoms with Crippen LogP contribution in [0, 0.1) is 6.92 Å². The van der Waals surface area contributed by atoms with Crippen LogP contribution in [0.5, 0.6) is 11.9 Å². The molecule has 0 spiro atoms. The summed E-state index contributed by atoms with van der Waals surface area (Å²) in [4.78, 5) is 17.3. The summed E-state index contributed by atoms with van der Waals surface area (Å²) in [5.74, 6) is 0.302. The second-order valence-electron chi connectivity index (χ2n) is 11.4. The van der Waals surface area contributed by atoms with E-state index in [1.54, 1.807) is 24.5 Å². The third-order valence-electron chi connectivity index (χ3n) is 7.07. The maximum atomic E-state index is 13.4. The maximum absolute atomic E-state index is 13.4. The molecule has 0 saturated carbocycles. The number of anilines is 1. The Balaban J connectivity index is 1.31. The van der Waals surface area contributed by atoms with Crippen molar-refractivity contribution >= 4 is 21.4 Å². The van der Waals surface area contributed by atoms with Gasteiger partial charge in [0, 0.05) is 18.0 Å². The van der Waals surface area contributed by atoms with Crippen LogP contribution < -0.4 is 14.2 Å². The van der Waals surface area contributed by atoms with Crippen molar-refractivity contribution in [1.82, 2.24) is 19.9 Å². The number of sulfonamides is 1. The van der Waals surface area contributed by atoms with Gasteiger partial charge in [0.15, 0.2) is 5.82 Å². The van der Waals surface area contributed by atoms with Crippen LogP contribution in [0.2, 0.25) is 0 Å². The largest absolute Gasteiger partial charge is 0.473 e. The van der Waals surface area contributed by atoms with Gasteiger partial charge in [0.25, 0.3) is 10.0 Å². The Labute approximate surface area is 264 Å². The fourth-order valence-electron chi connectivity index (χ4n) is 4.48. The van der Waals surface area contributed by atoms with E-state index in [-0.39, 0.29) is 41.2 Å². The van der Waals surface area contributed by atoms with E-state index in [4.69, 9.17) is 9.47 Å². The minimum atomic E-state index is -3.96. The highest BCUT2D eigenvalue weighted by atomic mass is 32.2. The zero-order chi connectivity index (χ0) is 32.0. The quantitative estimate of drug-likeness (QED) is 0.159. The number of nitrogens with one attached hydrogen (secondary N) is 1. The molecular weight excluding hydrogens is 586 g/mol. The van der Waals surface area contributed by atoms with Gasteiger partial charge in [-0.15, -0.1) is 0 Å². The van der Waals surface area contributed by atoms with Crippen molar-refractivity contribution in [2.45, 2.75) is 38.0 Å². The van der Waals surface area contributed by atoms with Gasteiger partial charge in [0.2, 0.25) is 5.88 Å². The number of aromatic nitrogens is 4. The van der Waals surface area contributed by atoms with Gasteiger partial charge in [0.1, 0.15) is 19.5 Å². The van der Waals surface area contributed by atoms with E-state index in [2.05, 4.69) is 52.0 Å². The summed E-state index contributed by atoms with van der Waals surface area (Å²) in [6.07, 6.45) is 4.58. The van der Waals surface area contributed by atoms with Gasteiger partial charge < -0.3 is 9.47 Å². The number of ether oxygens (including phenoxy) is 2. The molecule has 5 rings (SSSR count). The number of hydrogen-bond donors (Lipinski definition) is 1. The van der Waals surface area contributed by atoms with Crippen LogP contribution in [0.15, 0.2) is 109 Å². The molecule has 2 heterocycles. The predicted molar refractivity (Wildman–Crippen MR) is 176 cm³/mol. The second kappa shape index (κ2) is 13.3. The fourth-order valence-corrected chi connectivity index (χ4v) is 5.50. The van der Waals surface area contributed by atoms with Crippen LogP contribution in [-0.2, 0) is 15.4 Å². The number of hydrogen-bond acceptors (Lipinski definition) is 8. The van der Waals surface area contributed by atoms with Crippen LogP contribution in [0.4, 0.5) is 5.82 Å². The van der Waals surface area contributed by atoms with Gasteiger partial charge in [-0.2, -0.15) is 0 Å². The zero-order valence-corrected chi connectivity index (χ0v) is 26.5. The van der Waals surface area contributed by atoms with E-state index in [9.17, 15) is 8.42 Å². The average molecular weight is 622 g/mol. The maximum Gasteiger partial charge on any atom is 0.316 e. The lowest BCUT2D eigenvalue weighted by atomic mass is 9.87. The number of benzene rings is 3. The van der Waals surface area contributed by atoms with E-state index < -0.39 is 10.0 Å². The van der Waals surface area contributed by atoms with Gasteiger partial charge >= 0.3 is 6.01 Å². The summed E-state index contributed by atoms with van der Waals surface area (Å²) in [5.41, 5.74) is 5.65. The van der Waals surface area contributed by atoms with Crippen molar-refractivity contribution < 1.29 is 17.9 Å². The SMILES string of the molecule is C=C(c1ccccc1)c1cnc(OCCOc2ncnc(NS(=O)(=O)c3ccc(C(C)(C)C)cc3)c2-c2ccc(C)cc2)nc1. The monoisotopic (exact) mass is 621 g/mol. The normalized spacial score (nSPS) is 11.6. The van der Waals surface area contributed by atoms with Crippen LogP contribution in [0.25, 0.3) is 16.7 Å². The lowest BCUT2D eigenvalue weighted by Crippen LogP contribution is -2.17. The topological polar surface area (TPSA) is 116 Å². The first-order valence-electron chi connectivity index (χ1n) is 14.4. The molecule has 1 N–H and O–H groups in total. The molecule has 0 fully saturated rings. The van der Waals surface area contributed by atoms with Crippen molar-refractivity contribution in [2.24, 2.45) is 0 Å². The van der Waals surface area contributed by atoms with Gasteiger partial charge in [0.05, 0.1) is 10.5 Å². The van der Waals surface area contributed by atoms with Gasteiger partial charge in [-0.25, -0.2) is 28.4 Å². The third kappa shape index (κ3) is 7.71. The lowest BCUT2D eigenvalue weighted by Gasteiger charge is -2.19. The molecule has 0 atom stereocenters. The first kappa shape index (κ1) is 31.3. The highest BCUT2D eigenvalue weighted by molar-refractivity contribution is 7.92. The molecule has 0 radical (unpaired) electrons. The Morgan fingerprint density at radius 1 is 0.800 bits per heavy atom. The first-order chi connectivity index (χ1) is 21.5. The molecule has 10 heteroatoms. The van der Waals surface area contributed by atoms with E-state index in [0.29, 0.717) is 11.1 Å². The molecule has 2 aromatic heterocycles. The highest BCUT2D eigenvalue weighted by Crippen LogP contribution is 2.35. The summed E-state index contributed by atoms with van der Waals surface area (Å²) in [7, 11) is -3.96. The Morgan fingerprint density at radius 2 is 1.44 bits per heavy atom. The van der Waals surface area contributed by atoms with Crippen molar-refractivity contribution in [3.05, 3.63) is 126 Å².